The molecule has 0 saturated heterocycles. The summed E-state index contributed by atoms with van der Waals surface area (Å²) in [5.41, 5.74) is 0. The maximum absolute atomic E-state index is 9.02. The average Bonchev–Trinajstić information content (AvgIpc) is 2.62. The molecule has 0 radical (unpaired) electrons. The van der Waals surface area contributed by atoms with Crippen LogP contribution in [-0.2, 0) is 0 Å². The molecule has 0 bridgehead atoms. The SMILES string of the molecule is OCC(O)C(O)C(O)C(O)C=S.OCC(O)C(O)C(O)C(O)C=S. The molecule has 0 amide bonds. The Morgan fingerprint density at radius 1 is 0.542 bits per heavy atom. The Morgan fingerprint density at radius 3 is 0.958 bits per heavy atom. The largest absolute Gasteiger partial charge is 0.394 e. The second kappa shape index (κ2) is 14.0. The Kier molecular flexibility index (Phi) is 15.2. The molecule has 0 aromatic carbocycles. The van der Waals surface area contributed by atoms with Gasteiger partial charge in [0.25, 0.3) is 0 Å². The molecule has 0 aliphatic heterocycles. The van der Waals surface area contributed by atoms with Gasteiger partial charge in [0.2, 0.25) is 0 Å². The average molecular weight is 392 g/mol. The molecule has 8 atom stereocenters. The van der Waals surface area contributed by atoms with E-state index in [2.05, 4.69) is 24.4 Å². The van der Waals surface area contributed by atoms with Crippen molar-refractivity contribution in [3.05, 3.63) is 0 Å². The van der Waals surface area contributed by atoms with Crippen molar-refractivity contribution in [2.24, 2.45) is 0 Å². The number of rotatable bonds is 10. The fourth-order valence-electron chi connectivity index (χ4n) is 1.24. The lowest BCUT2D eigenvalue weighted by atomic mass is 10.0. The van der Waals surface area contributed by atoms with Crippen LogP contribution in [-0.4, -0.2) is 124 Å². The van der Waals surface area contributed by atoms with Crippen molar-refractivity contribution < 1.29 is 51.1 Å². The minimum Gasteiger partial charge on any atom is -0.394 e. The van der Waals surface area contributed by atoms with Gasteiger partial charge in [-0.05, 0) is 0 Å². The molecule has 10 N–H and O–H groups in total. The van der Waals surface area contributed by atoms with Gasteiger partial charge in [0.05, 0.1) is 13.2 Å². The molecule has 12 heteroatoms. The van der Waals surface area contributed by atoms with Gasteiger partial charge in [-0.25, -0.2) is 0 Å². The van der Waals surface area contributed by atoms with Gasteiger partial charge in [-0.2, -0.15) is 0 Å². The lowest BCUT2D eigenvalue weighted by Gasteiger charge is -2.23. The molecular weight excluding hydrogens is 368 g/mol. The third-order valence-corrected chi connectivity index (χ3v) is 3.40. The van der Waals surface area contributed by atoms with Crippen LogP contribution in [0.5, 0.6) is 0 Å². The van der Waals surface area contributed by atoms with Gasteiger partial charge in [0.15, 0.2) is 0 Å². The first-order chi connectivity index (χ1) is 11.1. The highest BCUT2D eigenvalue weighted by molar-refractivity contribution is 7.79. The van der Waals surface area contributed by atoms with Crippen molar-refractivity contribution in [1.29, 1.82) is 0 Å². The molecular formula is C12H24O10S2. The van der Waals surface area contributed by atoms with E-state index in [0.717, 1.165) is 10.7 Å². The van der Waals surface area contributed by atoms with Crippen LogP contribution < -0.4 is 0 Å². The number of hydrogen-bond acceptors (Lipinski definition) is 12. The van der Waals surface area contributed by atoms with Gasteiger partial charge in [0, 0.05) is 10.7 Å². The minimum atomic E-state index is -1.61. The second-order valence-corrected chi connectivity index (χ2v) is 5.26. The predicted octanol–water partition coefficient (Wildman–Crippen LogP) is -5.16. The first-order valence-electron chi connectivity index (χ1n) is 6.65. The Bertz CT molecular complexity index is 316. The summed E-state index contributed by atoms with van der Waals surface area (Å²) in [6.45, 7) is -1.38. The highest BCUT2D eigenvalue weighted by Crippen LogP contribution is 2.04. The molecule has 0 fully saturated rings. The fraction of sp³-hybridized carbons (Fsp3) is 0.833. The maximum Gasteiger partial charge on any atom is 0.113 e. The number of thiocarbonyl (C=S) groups is 2. The van der Waals surface area contributed by atoms with Crippen molar-refractivity contribution >= 4 is 35.2 Å². The highest BCUT2D eigenvalue weighted by Gasteiger charge is 2.29. The third-order valence-electron chi connectivity index (χ3n) is 2.84. The number of hydrogen-bond donors (Lipinski definition) is 10. The van der Waals surface area contributed by atoms with E-state index in [9.17, 15) is 0 Å². The molecule has 0 aromatic heterocycles. The summed E-state index contributed by atoms with van der Waals surface area (Å²) in [6.07, 6.45) is -12.1. The Balaban J connectivity index is 0. The zero-order valence-corrected chi connectivity index (χ0v) is 14.1. The normalized spacial score (nSPS) is 21.1. The van der Waals surface area contributed by atoms with Crippen molar-refractivity contribution in [2.75, 3.05) is 13.2 Å². The third kappa shape index (κ3) is 9.31. The van der Waals surface area contributed by atoms with Crippen molar-refractivity contribution in [3.63, 3.8) is 0 Å². The molecule has 0 rings (SSSR count). The molecule has 8 unspecified atom stereocenters. The van der Waals surface area contributed by atoms with Crippen LogP contribution >= 0.6 is 24.4 Å². The van der Waals surface area contributed by atoms with Crippen LogP contribution in [0.15, 0.2) is 0 Å². The molecule has 0 saturated carbocycles. The molecule has 0 spiro atoms. The first-order valence-corrected chi connectivity index (χ1v) is 7.60. The standard InChI is InChI=1S/2C6H12O5S/c2*7-1-3(8)5(10)6(11)4(9)2-12/h2*2-11H,1H2. The molecule has 0 heterocycles. The van der Waals surface area contributed by atoms with E-state index in [0.29, 0.717) is 0 Å². The summed E-state index contributed by atoms with van der Waals surface area (Å²) in [6, 6.07) is 0. The second-order valence-electron chi connectivity index (χ2n) is 4.72. The van der Waals surface area contributed by atoms with E-state index in [1.807, 2.05) is 0 Å². The van der Waals surface area contributed by atoms with Crippen LogP contribution in [0.3, 0.4) is 0 Å². The van der Waals surface area contributed by atoms with E-state index >= 15 is 0 Å². The maximum atomic E-state index is 9.02. The van der Waals surface area contributed by atoms with Crippen LogP contribution in [0.4, 0.5) is 0 Å². The lowest BCUT2D eigenvalue weighted by Crippen LogP contribution is -2.46. The first kappa shape index (κ1) is 26.0. The van der Waals surface area contributed by atoms with E-state index in [1.165, 1.54) is 0 Å². The van der Waals surface area contributed by atoms with E-state index < -0.39 is 62.0 Å². The summed E-state index contributed by atoms with van der Waals surface area (Å²) in [5, 5.41) is 89.9. The molecule has 24 heavy (non-hydrogen) atoms. The quantitative estimate of drug-likeness (QED) is 0.159. The van der Waals surface area contributed by atoms with Crippen LogP contribution in [0, 0.1) is 0 Å². The van der Waals surface area contributed by atoms with Crippen LogP contribution in [0.1, 0.15) is 0 Å². The van der Waals surface area contributed by atoms with Gasteiger partial charge in [-0.15, -0.1) is 0 Å². The summed E-state index contributed by atoms with van der Waals surface area (Å²) < 4.78 is 0. The Hall–Kier alpha value is -0.220. The lowest BCUT2D eigenvalue weighted by molar-refractivity contribution is -0.0996. The van der Waals surface area contributed by atoms with Crippen molar-refractivity contribution in [1.82, 2.24) is 0 Å². The summed E-state index contributed by atoms with van der Waals surface area (Å²) in [4.78, 5) is 0. The van der Waals surface area contributed by atoms with Crippen molar-refractivity contribution in [3.8, 4) is 0 Å². The van der Waals surface area contributed by atoms with Gasteiger partial charge < -0.3 is 51.1 Å². The smallest absolute Gasteiger partial charge is 0.113 e. The minimum absolute atomic E-state index is 0.692. The van der Waals surface area contributed by atoms with Crippen molar-refractivity contribution in [2.45, 2.75) is 48.8 Å². The zero-order chi connectivity index (χ0) is 19.4. The van der Waals surface area contributed by atoms with Gasteiger partial charge in [-0.1, -0.05) is 24.4 Å². The number of aliphatic hydroxyl groups excluding tert-OH is 10. The molecule has 10 nitrogen and oxygen atoms in total. The van der Waals surface area contributed by atoms with Gasteiger partial charge in [-0.3, -0.25) is 0 Å². The van der Waals surface area contributed by atoms with Crippen LogP contribution in [0.2, 0.25) is 0 Å². The summed E-state index contributed by atoms with van der Waals surface area (Å²) in [7, 11) is 0. The highest BCUT2D eigenvalue weighted by atomic mass is 32.1. The topological polar surface area (TPSA) is 202 Å². The Labute approximate surface area is 148 Å². The summed E-state index contributed by atoms with van der Waals surface area (Å²) >= 11 is 8.61. The summed E-state index contributed by atoms with van der Waals surface area (Å²) in [5.74, 6) is 0. The monoisotopic (exact) mass is 392 g/mol. The molecule has 0 aliphatic carbocycles. The molecule has 0 aliphatic rings. The molecule has 144 valence electrons. The number of aliphatic hydroxyl groups is 10. The van der Waals surface area contributed by atoms with E-state index in [-0.39, 0.29) is 0 Å². The van der Waals surface area contributed by atoms with Gasteiger partial charge in [0.1, 0.15) is 48.8 Å². The Morgan fingerprint density at radius 2 is 0.792 bits per heavy atom. The van der Waals surface area contributed by atoms with E-state index in [1.54, 1.807) is 0 Å². The van der Waals surface area contributed by atoms with E-state index in [4.69, 9.17) is 51.1 Å². The fourth-order valence-corrected chi connectivity index (χ4v) is 1.56. The zero-order valence-electron chi connectivity index (χ0n) is 12.5. The molecule has 0 aromatic rings. The predicted molar refractivity (Wildman–Crippen MR) is 89.5 cm³/mol. The van der Waals surface area contributed by atoms with Gasteiger partial charge >= 0.3 is 0 Å². The van der Waals surface area contributed by atoms with Crippen LogP contribution in [0.25, 0.3) is 0 Å².